The predicted molar refractivity (Wildman–Crippen MR) is 110 cm³/mol. The van der Waals surface area contributed by atoms with Gasteiger partial charge in [0, 0.05) is 13.0 Å². The summed E-state index contributed by atoms with van der Waals surface area (Å²) >= 11 is 0. The molecule has 1 unspecified atom stereocenters. The van der Waals surface area contributed by atoms with Crippen molar-refractivity contribution >= 4 is 12.3 Å². The number of nitrogens with zero attached hydrogens (tertiary/aromatic N) is 1. The van der Waals surface area contributed by atoms with Crippen LogP contribution in [0.5, 0.6) is 0 Å². The third kappa shape index (κ3) is 20.9. The van der Waals surface area contributed by atoms with Crippen molar-refractivity contribution in [3.05, 3.63) is 0 Å². The van der Waals surface area contributed by atoms with E-state index in [0.29, 0.717) is 6.42 Å². The van der Waals surface area contributed by atoms with E-state index in [-0.39, 0.29) is 6.10 Å². The highest BCUT2D eigenvalue weighted by molar-refractivity contribution is 5.66. The summed E-state index contributed by atoms with van der Waals surface area (Å²) in [5, 5.41) is 21.3. The van der Waals surface area contributed by atoms with Crippen molar-refractivity contribution in [3.8, 4) is 0 Å². The molecule has 1 aliphatic rings. The fourth-order valence-corrected chi connectivity index (χ4v) is 2.99. The van der Waals surface area contributed by atoms with E-state index in [1.807, 2.05) is 0 Å². The zero-order valence-corrected chi connectivity index (χ0v) is 16.9. The number of rotatable bonds is 16. The number of aliphatic imine (C=N–C) groups is 1. The fourth-order valence-electron chi connectivity index (χ4n) is 2.99. The van der Waals surface area contributed by atoms with Crippen LogP contribution in [-0.2, 0) is 4.79 Å². The Balaban J connectivity index is 0.00000106. The minimum atomic E-state index is -0.678. The van der Waals surface area contributed by atoms with Crippen molar-refractivity contribution < 1.29 is 15.0 Å². The van der Waals surface area contributed by atoms with E-state index in [1.165, 1.54) is 51.4 Å². The molecule has 5 heteroatoms. The lowest BCUT2D eigenvalue weighted by molar-refractivity contribution is -0.137. The third-order valence-electron chi connectivity index (χ3n) is 4.64. The third-order valence-corrected chi connectivity index (χ3v) is 4.64. The van der Waals surface area contributed by atoms with Crippen LogP contribution in [0.2, 0.25) is 0 Å². The van der Waals surface area contributed by atoms with Crippen LogP contribution in [0.3, 0.4) is 0 Å². The van der Waals surface area contributed by atoms with Gasteiger partial charge in [0.2, 0.25) is 0 Å². The van der Waals surface area contributed by atoms with E-state index < -0.39 is 5.97 Å². The van der Waals surface area contributed by atoms with E-state index in [2.05, 4.69) is 17.2 Å². The van der Waals surface area contributed by atoms with Gasteiger partial charge in [0.05, 0.1) is 19.0 Å². The van der Waals surface area contributed by atoms with E-state index in [9.17, 15) is 9.90 Å². The predicted octanol–water partition coefficient (Wildman–Crippen LogP) is 4.92. The van der Waals surface area contributed by atoms with Gasteiger partial charge in [0.1, 0.15) is 0 Å². The van der Waals surface area contributed by atoms with Crippen LogP contribution in [0.25, 0.3) is 0 Å². The second kappa shape index (κ2) is 20.2. The number of carboxylic acids is 1. The lowest BCUT2D eigenvalue weighted by Gasteiger charge is -2.10. The van der Waals surface area contributed by atoms with Gasteiger partial charge in [-0.05, 0) is 19.3 Å². The number of aliphatic carboxylic acids is 1. The first-order valence-electron chi connectivity index (χ1n) is 10.8. The molecule has 0 aromatic rings. The van der Waals surface area contributed by atoms with Crippen LogP contribution >= 0.6 is 0 Å². The molecule has 154 valence electrons. The molecule has 1 heterocycles. The first-order valence-corrected chi connectivity index (χ1v) is 10.8. The molecule has 0 spiro atoms. The molecule has 0 fully saturated rings. The summed E-state index contributed by atoms with van der Waals surface area (Å²) in [5.41, 5.74) is 0. The van der Waals surface area contributed by atoms with E-state index >= 15 is 0 Å². The Morgan fingerprint density at radius 3 is 1.92 bits per heavy atom. The normalized spacial score (nSPS) is 13.8. The molecule has 1 aliphatic heterocycles. The maximum absolute atomic E-state index is 10.3. The number of aliphatic hydroxyl groups excluding tert-OH is 1. The van der Waals surface area contributed by atoms with Gasteiger partial charge >= 0.3 is 5.97 Å². The smallest absolute Gasteiger partial charge is 0.303 e. The molecule has 5 nitrogen and oxygen atoms in total. The Morgan fingerprint density at radius 2 is 1.50 bits per heavy atom. The molecule has 26 heavy (non-hydrogen) atoms. The number of hydrogen-bond acceptors (Lipinski definition) is 4. The summed E-state index contributed by atoms with van der Waals surface area (Å²) in [6.07, 6.45) is 18.0. The van der Waals surface area contributed by atoms with Crippen LogP contribution in [0, 0.1) is 0 Å². The van der Waals surface area contributed by atoms with E-state index in [0.717, 1.165) is 51.6 Å². The molecule has 0 bridgehead atoms. The molecular formula is C21H42N2O3. The Labute approximate surface area is 160 Å². The Bertz CT molecular complexity index is 329. The Morgan fingerprint density at radius 1 is 0.962 bits per heavy atom. The lowest BCUT2D eigenvalue weighted by Crippen LogP contribution is -2.05. The van der Waals surface area contributed by atoms with Gasteiger partial charge < -0.3 is 15.5 Å². The van der Waals surface area contributed by atoms with Crippen molar-refractivity contribution in [2.24, 2.45) is 4.99 Å². The second-order valence-corrected chi connectivity index (χ2v) is 7.25. The molecule has 0 amide bonds. The molecule has 0 radical (unpaired) electrons. The monoisotopic (exact) mass is 370 g/mol. The second-order valence-electron chi connectivity index (χ2n) is 7.25. The number of carboxylic acid groups (broad SMARTS) is 1. The summed E-state index contributed by atoms with van der Waals surface area (Å²) in [4.78, 5) is 14.2. The average Bonchev–Trinajstić information content (AvgIpc) is 3.20. The SMILES string of the molecule is C1=NCCN1.CCCCCCC(O)CCCCCCCCCCC(=O)O. The van der Waals surface area contributed by atoms with Crippen molar-refractivity contribution in [2.45, 2.75) is 109 Å². The van der Waals surface area contributed by atoms with Gasteiger partial charge in [-0.2, -0.15) is 0 Å². The summed E-state index contributed by atoms with van der Waals surface area (Å²) in [5.74, 6) is -0.678. The lowest BCUT2D eigenvalue weighted by atomic mass is 10.0. The minimum Gasteiger partial charge on any atom is -0.481 e. The highest BCUT2D eigenvalue weighted by atomic mass is 16.4. The first kappa shape index (κ1) is 24.9. The van der Waals surface area contributed by atoms with Crippen LogP contribution in [0.15, 0.2) is 4.99 Å². The summed E-state index contributed by atoms with van der Waals surface area (Å²) in [6, 6.07) is 0. The number of hydrogen-bond donors (Lipinski definition) is 3. The zero-order chi connectivity index (χ0) is 19.3. The number of nitrogens with one attached hydrogen (secondary N) is 1. The number of carbonyl (C=O) groups is 1. The highest BCUT2D eigenvalue weighted by Crippen LogP contribution is 2.14. The quantitative estimate of drug-likeness (QED) is 0.337. The molecule has 0 saturated heterocycles. The van der Waals surface area contributed by atoms with Gasteiger partial charge in [0.15, 0.2) is 0 Å². The first-order chi connectivity index (χ1) is 12.7. The minimum absolute atomic E-state index is 0.0853. The fraction of sp³-hybridized carbons (Fsp3) is 0.905. The molecule has 1 atom stereocenters. The van der Waals surface area contributed by atoms with Crippen LogP contribution < -0.4 is 5.32 Å². The Kier molecular flexibility index (Phi) is 19.4. The standard InChI is InChI=1S/C18H36O3.C3H6N2/c1-2-3-4-11-14-17(19)15-12-9-7-5-6-8-10-13-16-18(20)21;1-2-5-3-4-1/h17,19H,2-16H2,1H3,(H,20,21);3H,1-2H2,(H,4,5). The van der Waals surface area contributed by atoms with Gasteiger partial charge in [-0.15, -0.1) is 0 Å². The molecule has 0 aromatic heterocycles. The maximum Gasteiger partial charge on any atom is 0.303 e. The number of aliphatic hydroxyl groups is 1. The van der Waals surface area contributed by atoms with E-state index in [4.69, 9.17) is 5.11 Å². The van der Waals surface area contributed by atoms with Gasteiger partial charge in [-0.3, -0.25) is 9.79 Å². The molecule has 1 rings (SSSR count). The van der Waals surface area contributed by atoms with Crippen LogP contribution in [-0.4, -0.2) is 41.7 Å². The molecule has 0 aromatic carbocycles. The van der Waals surface area contributed by atoms with Crippen molar-refractivity contribution in [1.29, 1.82) is 0 Å². The highest BCUT2D eigenvalue weighted by Gasteiger charge is 2.03. The topological polar surface area (TPSA) is 81.9 Å². The molecule has 0 saturated carbocycles. The van der Waals surface area contributed by atoms with Gasteiger partial charge in [-0.1, -0.05) is 77.6 Å². The van der Waals surface area contributed by atoms with Crippen molar-refractivity contribution in [2.75, 3.05) is 13.1 Å². The molecule has 0 aliphatic carbocycles. The zero-order valence-electron chi connectivity index (χ0n) is 16.9. The maximum atomic E-state index is 10.3. The largest absolute Gasteiger partial charge is 0.481 e. The van der Waals surface area contributed by atoms with E-state index in [1.54, 1.807) is 6.34 Å². The van der Waals surface area contributed by atoms with Crippen LogP contribution in [0.1, 0.15) is 103 Å². The summed E-state index contributed by atoms with van der Waals surface area (Å²) in [7, 11) is 0. The number of unbranched alkanes of at least 4 members (excludes halogenated alkanes) is 10. The summed E-state index contributed by atoms with van der Waals surface area (Å²) in [6.45, 7) is 4.20. The van der Waals surface area contributed by atoms with Crippen molar-refractivity contribution in [3.63, 3.8) is 0 Å². The van der Waals surface area contributed by atoms with Gasteiger partial charge in [-0.25, -0.2) is 0 Å². The average molecular weight is 371 g/mol. The molecule has 3 N–H and O–H groups in total. The Hall–Kier alpha value is -1.10. The summed E-state index contributed by atoms with van der Waals surface area (Å²) < 4.78 is 0. The molecular weight excluding hydrogens is 328 g/mol. The van der Waals surface area contributed by atoms with Crippen LogP contribution in [0.4, 0.5) is 0 Å². The van der Waals surface area contributed by atoms with Crippen molar-refractivity contribution in [1.82, 2.24) is 5.32 Å². The van der Waals surface area contributed by atoms with Gasteiger partial charge in [0.25, 0.3) is 0 Å².